The van der Waals surface area contributed by atoms with Gasteiger partial charge in [0.25, 0.3) is 5.91 Å². The van der Waals surface area contributed by atoms with Gasteiger partial charge in [-0.25, -0.2) is 9.78 Å². The lowest BCUT2D eigenvalue weighted by molar-refractivity contribution is 0.0527. The number of esters is 1. The average molecular weight is 473 g/mol. The number of thiophene rings is 1. The number of nitrogens with zero attached hydrogens (tertiary/aromatic N) is 1. The SMILES string of the molecule is CCOC(=O)c1c(NC(=O)c2c(C)c(-c3ccc(C)cc3)nc3ccccc23)sc(C)c1CC. The van der Waals surface area contributed by atoms with E-state index in [0.29, 0.717) is 22.5 Å². The maximum absolute atomic E-state index is 13.7. The van der Waals surface area contributed by atoms with E-state index in [4.69, 9.17) is 9.72 Å². The second kappa shape index (κ2) is 9.77. The van der Waals surface area contributed by atoms with Crippen molar-refractivity contribution in [3.8, 4) is 11.3 Å². The van der Waals surface area contributed by atoms with Crippen molar-refractivity contribution in [1.29, 1.82) is 0 Å². The summed E-state index contributed by atoms with van der Waals surface area (Å²) < 4.78 is 5.30. The molecule has 4 aromatic rings. The third kappa shape index (κ3) is 4.33. The van der Waals surface area contributed by atoms with Gasteiger partial charge in [0.2, 0.25) is 0 Å². The van der Waals surface area contributed by atoms with Gasteiger partial charge in [-0.2, -0.15) is 0 Å². The fourth-order valence-corrected chi connectivity index (χ4v) is 5.40. The van der Waals surface area contributed by atoms with E-state index in [1.165, 1.54) is 11.3 Å². The standard InChI is InChI=1S/C28H28N2O3S/c1-6-20-18(5)34-27(24(20)28(32)33-7-2)30-26(31)23-17(4)25(19-14-12-16(3)13-15-19)29-22-11-9-8-10-21(22)23/h8-15H,6-7H2,1-5H3,(H,30,31). The molecule has 0 radical (unpaired) electrons. The van der Waals surface area contributed by atoms with Crippen molar-refractivity contribution >= 4 is 39.1 Å². The van der Waals surface area contributed by atoms with Gasteiger partial charge in [-0.1, -0.05) is 55.0 Å². The first-order valence-electron chi connectivity index (χ1n) is 11.4. The summed E-state index contributed by atoms with van der Waals surface area (Å²) in [6.45, 7) is 9.98. The molecule has 0 aliphatic heterocycles. The highest BCUT2D eigenvalue weighted by atomic mass is 32.1. The maximum Gasteiger partial charge on any atom is 0.341 e. The smallest absolute Gasteiger partial charge is 0.341 e. The predicted molar refractivity (Wildman–Crippen MR) is 139 cm³/mol. The first-order valence-corrected chi connectivity index (χ1v) is 12.2. The number of aromatic nitrogens is 1. The quantitative estimate of drug-likeness (QED) is 0.311. The number of rotatable bonds is 6. The van der Waals surface area contributed by atoms with Crippen LogP contribution < -0.4 is 5.32 Å². The molecule has 0 aliphatic carbocycles. The van der Waals surface area contributed by atoms with Crippen LogP contribution in [-0.2, 0) is 11.2 Å². The van der Waals surface area contributed by atoms with Crippen LogP contribution in [0, 0.1) is 20.8 Å². The number of amides is 1. The molecule has 0 aliphatic rings. The van der Waals surface area contributed by atoms with E-state index in [2.05, 4.69) is 5.32 Å². The Morgan fingerprint density at radius 3 is 2.35 bits per heavy atom. The number of anilines is 1. The number of pyridine rings is 1. The third-order valence-corrected chi connectivity index (χ3v) is 7.02. The van der Waals surface area contributed by atoms with Gasteiger partial charge in [0.05, 0.1) is 28.9 Å². The van der Waals surface area contributed by atoms with Crippen LogP contribution in [0.3, 0.4) is 0 Å². The lowest BCUT2D eigenvalue weighted by Crippen LogP contribution is -2.17. The molecule has 0 atom stereocenters. The van der Waals surface area contributed by atoms with Gasteiger partial charge in [0.1, 0.15) is 5.00 Å². The summed E-state index contributed by atoms with van der Waals surface area (Å²) in [6.07, 6.45) is 0.682. The molecule has 34 heavy (non-hydrogen) atoms. The minimum absolute atomic E-state index is 0.265. The van der Waals surface area contributed by atoms with E-state index in [-0.39, 0.29) is 12.5 Å². The molecule has 0 spiro atoms. The normalized spacial score (nSPS) is 11.0. The summed E-state index contributed by atoms with van der Waals surface area (Å²) in [4.78, 5) is 32.4. The van der Waals surface area contributed by atoms with Crippen molar-refractivity contribution in [2.75, 3.05) is 11.9 Å². The Bertz CT molecular complexity index is 1390. The van der Waals surface area contributed by atoms with Gasteiger partial charge >= 0.3 is 5.97 Å². The monoisotopic (exact) mass is 472 g/mol. The van der Waals surface area contributed by atoms with E-state index in [1.807, 2.05) is 76.2 Å². The molecule has 0 bridgehead atoms. The lowest BCUT2D eigenvalue weighted by atomic mass is 9.96. The van der Waals surface area contributed by atoms with Crippen molar-refractivity contribution in [3.63, 3.8) is 0 Å². The second-order valence-electron chi connectivity index (χ2n) is 8.21. The largest absolute Gasteiger partial charge is 0.462 e. The molecule has 0 unspecified atom stereocenters. The number of aryl methyl sites for hydroxylation is 2. The Morgan fingerprint density at radius 1 is 0.971 bits per heavy atom. The Kier molecular flexibility index (Phi) is 6.80. The Morgan fingerprint density at radius 2 is 1.68 bits per heavy atom. The number of carbonyl (C=O) groups is 2. The van der Waals surface area contributed by atoms with Crippen molar-refractivity contribution in [3.05, 3.63) is 81.2 Å². The minimum Gasteiger partial charge on any atom is -0.462 e. The molecule has 0 saturated heterocycles. The molecule has 0 saturated carbocycles. The number of ether oxygens (including phenoxy) is 1. The Labute approximate surface area is 203 Å². The lowest BCUT2D eigenvalue weighted by Gasteiger charge is -2.15. The van der Waals surface area contributed by atoms with Crippen LogP contribution in [-0.4, -0.2) is 23.5 Å². The topological polar surface area (TPSA) is 68.3 Å². The summed E-state index contributed by atoms with van der Waals surface area (Å²) in [6, 6.07) is 15.8. The molecule has 6 heteroatoms. The molecule has 2 aromatic carbocycles. The van der Waals surface area contributed by atoms with Crippen molar-refractivity contribution in [2.24, 2.45) is 0 Å². The predicted octanol–water partition coefficient (Wildman–Crippen LogP) is 6.88. The number of carbonyl (C=O) groups excluding carboxylic acids is 2. The second-order valence-corrected chi connectivity index (χ2v) is 9.44. The van der Waals surface area contributed by atoms with E-state index in [0.717, 1.165) is 43.7 Å². The first kappa shape index (κ1) is 23.6. The van der Waals surface area contributed by atoms with E-state index in [1.54, 1.807) is 6.92 Å². The van der Waals surface area contributed by atoms with Crippen molar-refractivity contribution in [2.45, 2.75) is 41.0 Å². The van der Waals surface area contributed by atoms with Crippen LogP contribution in [0.2, 0.25) is 0 Å². The summed E-state index contributed by atoms with van der Waals surface area (Å²) >= 11 is 1.41. The fourth-order valence-electron chi connectivity index (χ4n) is 4.27. The van der Waals surface area contributed by atoms with Gasteiger partial charge in [-0.3, -0.25) is 4.79 Å². The molecular formula is C28H28N2O3S. The molecule has 1 amide bonds. The Balaban J connectivity index is 1.85. The van der Waals surface area contributed by atoms with Crippen LogP contribution in [0.5, 0.6) is 0 Å². The third-order valence-electron chi connectivity index (χ3n) is 5.96. The van der Waals surface area contributed by atoms with Gasteiger partial charge in [0.15, 0.2) is 0 Å². The van der Waals surface area contributed by atoms with Crippen LogP contribution in [0.25, 0.3) is 22.2 Å². The van der Waals surface area contributed by atoms with Crippen LogP contribution in [0.15, 0.2) is 48.5 Å². The highest BCUT2D eigenvalue weighted by Crippen LogP contribution is 2.36. The Hall–Kier alpha value is -3.51. The van der Waals surface area contributed by atoms with E-state index in [9.17, 15) is 9.59 Å². The van der Waals surface area contributed by atoms with Gasteiger partial charge in [0, 0.05) is 15.8 Å². The molecule has 4 rings (SSSR count). The summed E-state index contributed by atoms with van der Waals surface area (Å²) in [5.41, 5.74) is 6.34. The summed E-state index contributed by atoms with van der Waals surface area (Å²) in [7, 11) is 0. The highest BCUT2D eigenvalue weighted by Gasteiger charge is 2.26. The fraction of sp³-hybridized carbons (Fsp3) is 0.250. The maximum atomic E-state index is 13.7. The zero-order valence-electron chi connectivity index (χ0n) is 20.1. The van der Waals surface area contributed by atoms with E-state index < -0.39 is 5.97 Å². The average Bonchev–Trinajstić information content (AvgIpc) is 3.13. The van der Waals surface area contributed by atoms with E-state index >= 15 is 0 Å². The molecule has 174 valence electrons. The van der Waals surface area contributed by atoms with Crippen LogP contribution >= 0.6 is 11.3 Å². The zero-order chi connectivity index (χ0) is 24.4. The van der Waals surface area contributed by atoms with Crippen LogP contribution in [0.4, 0.5) is 5.00 Å². The molecule has 0 fully saturated rings. The van der Waals surface area contributed by atoms with Crippen molar-refractivity contribution in [1.82, 2.24) is 4.98 Å². The first-order chi connectivity index (χ1) is 16.3. The number of nitrogens with one attached hydrogen (secondary N) is 1. The minimum atomic E-state index is -0.407. The zero-order valence-corrected chi connectivity index (χ0v) is 20.9. The molecule has 1 N–H and O–H groups in total. The number of fused-ring (bicyclic) bond motifs is 1. The number of hydrogen-bond acceptors (Lipinski definition) is 5. The number of benzene rings is 2. The number of para-hydroxylation sites is 1. The van der Waals surface area contributed by atoms with Gasteiger partial charge < -0.3 is 10.1 Å². The molecule has 2 aromatic heterocycles. The number of hydrogen-bond donors (Lipinski definition) is 1. The van der Waals surface area contributed by atoms with Gasteiger partial charge in [-0.15, -0.1) is 11.3 Å². The van der Waals surface area contributed by atoms with Crippen molar-refractivity contribution < 1.29 is 14.3 Å². The summed E-state index contributed by atoms with van der Waals surface area (Å²) in [5, 5.41) is 4.33. The van der Waals surface area contributed by atoms with Crippen LogP contribution in [0.1, 0.15) is 56.1 Å². The molecule has 5 nitrogen and oxygen atoms in total. The summed E-state index contributed by atoms with van der Waals surface area (Å²) in [5.74, 6) is -0.672. The van der Waals surface area contributed by atoms with Gasteiger partial charge in [-0.05, 0) is 51.3 Å². The molecule has 2 heterocycles. The highest BCUT2D eigenvalue weighted by molar-refractivity contribution is 7.16. The molecular weight excluding hydrogens is 444 g/mol.